The molecule has 0 spiro atoms. The van der Waals surface area contributed by atoms with Gasteiger partial charge in [-0.05, 0) is 62.1 Å². The Bertz CT molecular complexity index is 1290. The van der Waals surface area contributed by atoms with Crippen LogP contribution in [0.25, 0.3) is 0 Å². The third kappa shape index (κ3) is 6.52. The number of pyridine rings is 1. The van der Waals surface area contributed by atoms with Gasteiger partial charge in [-0.15, -0.1) is 0 Å². The number of sulfonamides is 1. The van der Waals surface area contributed by atoms with E-state index in [2.05, 4.69) is 15.6 Å². The first-order valence-electron chi connectivity index (χ1n) is 14.0. The van der Waals surface area contributed by atoms with E-state index in [-0.39, 0.29) is 53.2 Å². The van der Waals surface area contributed by atoms with Crippen LogP contribution in [0.5, 0.6) is 0 Å². The summed E-state index contributed by atoms with van der Waals surface area (Å²) in [6.07, 6.45) is 5.93. The van der Waals surface area contributed by atoms with Gasteiger partial charge in [-0.25, -0.2) is 17.2 Å². The molecule has 1 unspecified atom stereocenters. The van der Waals surface area contributed by atoms with Crippen molar-refractivity contribution < 1.29 is 26.7 Å². The van der Waals surface area contributed by atoms with Crippen LogP contribution in [0.3, 0.4) is 0 Å². The molecule has 218 valence electrons. The molecule has 4 heterocycles. The van der Waals surface area contributed by atoms with Gasteiger partial charge in [0.1, 0.15) is 11.6 Å². The second-order valence-corrected chi connectivity index (χ2v) is 13.1. The first kappa shape index (κ1) is 29.0. The Morgan fingerprint density at radius 1 is 1.18 bits per heavy atom. The molecular weight excluding hydrogens is 540 g/mol. The average Bonchev–Trinajstić information content (AvgIpc) is 3.06. The highest BCUT2D eigenvalue weighted by Gasteiger charge is 2.38. The summed E-state index contributed by atoms with van der Waals surface area (Å²) in [4.78, 5) is 17.4. The first-order chi connectivity index (χ1) is 19.2. The molecule has 2 bridgehead atoms. The maximum atomic E-state index is 15.0. The lowest BCUT2D eigenvalue weighted by Crippen LogP contribution is -2.57. The van der Waals surface area contributed by atoms with Crippen LogP contribution in [0.1, 0.15) is 49.1 Å². The molecule has 1 aromatic carbocycles. The fourth-order valence-corrected chi connectivity index (χ4v) is 8.10. The van der Waals surface area contributed by atoms with Gasteiger partial charge >= 0.3 is 0 Å². The largest absolute Gasteiger partial charge is 0.381 e. The molecule has 9 nitrogen and oxygen atoms in total. The summed E-state index contributed by atoms with van der Waals surface area (Å²) in [5.74, 6) is -1.66. The molecule has 1 aromatic heterocycles. The zero-order chi connectivity index (χ0) is 28.3. The van der Waals surface area contributed by atoms with E-state index in [1.165, 1.54) is 18.3 Å². The number of nitrogens with zero attached hydrogens (tertiary/aromatic N) is 2. The van der Waals surface area contributed by atoms with Crippen molar-refractivity contribution in [2.24, 2.45) is 11.7 Å². The Balaban J connectivity index is 1.32. The number of fused-ring (bicyclic) bond motifs is 2. The topological polar surface area (TPSA) is 127 Å². The van der Waals surface area contributed by atoms with Crippen molar-refractivity contribution in [1.82, 2.24) is 14.6 Å². The zero-order valence-corrected chi connectivity index (χ0v) is 23.2. The molecular formula is C28H37F2N5O4S. The van der Waals surface area contributed by atoms with Crippen LogP contribution in [0, 0.1) is 17.6 Å². The van der Waals surface area contributed by atoms with Gasteiger partial charge in [-0.2, -0.15) is 4.31 Å². The molecule has 40 heavy (non-hydrogen) atoms. The van der Waals surface area contributed by atoms with Gasteiger partial charge in [0.25, 0.3) is 0 Å². The van der Waals surface area contributed by atoms with Gasteiger partial charge in [0.2, 0.25) is 15.9 Å². The third-order valence-corrected chi connectivity index (χ3v) is 10.4. The molecule has 4 N–H and O–H groups in total. The van der Waals surface area contributed by atoms with Gasteiger partial charge in [0.05, 0.1) is 29.9 Å². The number of anilines is 1. The van der Waals surface area contributed by atoms with E-state index in [0.29, 0.717) is 52.0 Å². The standard InChI is InChI=1S/C28H37F2N5O4S/c29-20-5-3-18(4-6-20)26(19-9-11-39-12-10-19)27(31)28(36)34-25-16-32-15-24(30)23(25)8-7-22-14-33-21-2-1-13-40(37,38)35(22)17-21/h3-6,15-16,19,21-22,26-27,33H,1-2,7-14,17,31H2,(H,34,36)/t21-,22+,26+,27+/m1/s1. The van der Waals surface area contributed by atoms with E-state index in [0.717, 1.165) is 18.2 Å². The highest BCUT2D eigenvalue weighted by Crippen LogP contribution is 2.35. The quantitative estimate of drug-likeness (QED) is 0.440. The lowest BCUT2D eigenvalue weighted by molar-refractivity contribution is -0.118. The lowest BCUT2D eigenvalue weighted by atomic mass is 9.76. The number of carbonyl (C=O) groups excluding carboxylic acids is 1. The Kier molecular flexibility index (Phi) is 9.11. The molecule has 3 aliphatic rings. The predicted molar refractivity (Wildman–Crippen MR) is 147 cm³/mol. The van der Waals surface area contributed by atoms with Gasteiger partial charge in [0.15, 0.2) is 0 Å². The number of benzene rings is 1. The van der Waals surface area contributed by atoms with Gasteiger partial charge in [-0.3, -0.25) is 9.78 Å². The minimum absolute atomic E-state index is 0.0586. The summed E-state index contributed by atoms with van der Waals surface area (Å²) in [5.41, 5.74) is 7.78. The number of rotatable bonds is 8. The molecule has 0 aliphatic carbocycles. The number of aromatic nitrogens is 1. The van der Waals surface area contributed by atoms with E-state index >= 15 is 4.39 Å². The molecule has 0 radical (unpaired) electrons. The molecule has 3 aliphatic heterocycles. The van der Waals surface area contributed by atoms with Crippen molar-refractivity contribution in [2.75, 3.05) is 37.4 Å². The van der Waals surface area contributed by atoms with Gasteiger partial charge in [0, 0.05) is 49.9 Å². The highest BCUT2D eigenvalue weighted by molar-refractivity contribution is 7.89. The number of carbonyl (C=O) groups is 1. The predicted octanol–water partition coefficient (Wildman–Crippen LogP) is 2.53. The number of ether oxygens (including phenoxy) is 1. The Labute approximate surface area is 233 Å². The molecule has 2 aromatic rings. The Morgan fingerprint density at radius 3 is 2.67 bits per heavy atom. The number of nitrogens with one attached hydrogen (secondary N) is 2. The number of amides is 1. The number of halogens is 2. The van der Waals surface area contributed by atoms with E-state index in [1.807, 2.05) is 0 Å². The number of hydrogen-bond acceptors (Lipinski definition) is 7. The van der Waals surface area contributed by atoms with Gasteiger partial charge in [-0.1, -0.05) is 12.1 Å². The van der Waals surface area contributed by atoms with Crippen molar-refractivity contribution >= 4 is 21.6 Å². The second-order valence-electron chi connectivity index (χ2n) is 11.0. The number of hydrogen-bond donors (Lipinski definition) is 3. The normalized spacial score (nSPS) is 26.4. The summed E-state index contributed by atoms with van der Waals surface area (Å²) in [6, 6.07) is 4.85. The maximum absolute atomic E-state index is 15.0. The van der Waals surface area contributed by atoms with Crippen LogP contribution in [0.15, 0.2) is 36.7 Å². The smallest absolute Gasteiger partial charge is 0.241 e. The fourth-order valence-electron chi connectivity index (χ4n) is 6.29. The average molecular weight is 578 g/mol. The highest BCUT2D eigenvalue weighted by atomic mass is 32.2. The third-order valence-electron chi connectivity index (χ3n) is 8.47. The van der Waals surface area contributed by atoms with E-state index < -0.39 is 27.8 Å². The fraction of sp³-hybridized carbons (Fsp3) is 0.571. The van der Waals surface area contributed by atoms with Crippen LogP contribution in [-0.2, 0) is 26.0 Å². The van der Waals surface area contributed by atoms with E-state index in [4.69, 9.17) is 10.5 Å². The van der Waals surface area contributed by atoms with Crippen LogP contribution >= 0.6 is 0 Å². The maximum Gasteiger partial charge on any atom is 0.241 e. The van der Waals surface area contributed by atoms with Crippen LogP contribution < -0.4 is 16.4 Å². The molecule has 12 heteroatoms. The van der Waals surface area contributed by atoms with Crippen molar-refractivity contribution in [1.29, 1.82) is 0 Å². The molecule has 5 atom stereocenters. The van der Waals surface area contributed by atoms with Crippen LogP contribution in [0.4, 0.5) is 14.5 Å². The van der Waals surface area contributed by atoms with E-state index in [1.54, 1.807) is 16.4 Å². The zero-order valence-electron chi connectivity index (χ0n) is 22.4. The van der Waals surface area contributed by atoms with Crippen LogP contribution in [0.2, 0.25) is 0 Å². The number of piperazine rings is 1. The summed E-state index contributed by atoms with van der Waals surface area (Å²) >= 11 is 0. The second kappa shape index (κ2) is 12.6. The molecule has 1 amide bonds. The molecule has 3 saturated heterocycles. The van der Waals surface area contributed by atoms with Crippen molar-refractivity contribution in [2.45, 2.75) is 62.6 Å². The summed E-state index contributed by atoms with van der Waals surface area (Å²) < 4.78 is 61.4. The molecule has 5 rings (SSSR count). The number of nitrogens with two attached hydrogens (primary N) is 1. The summed E-state index contributed by atoms with van der Waals surface area (Å²) in [5, 5.41) is 6.21. The SMILES string of the molecule is N[C@H](C(=O)Nc1cncc(F)c1CC[C@H]1CN[C@@H]2CCCS(=O)(=O)N1C2)[C@@H](c1ccc(F)cc1)C1CCOCC1. The first-order valence-corrected chi connectivity index (χ1v) is 15.6. The lowest BCUT2D eigenvalue weighted by Gasteiger charge is -2.37. The van der Waals surface area contributed by atoms with Crippen LogP contribution in [-0.4, -0.2) is 73.8 Å². The molecule has 3 fully saturated rings. The van der Waals surface area contributed by atoms with Crippen molar-refractivity contribution in [3.63, 3.8) is 0 Å². The van der Waals surface area contributed by atoms with Gasteiger partial charge < -0.3 is 21.1 Å². The van der Waals surface area contributed by atoms with Crippen molar-refractivity contribution in [3.8, 4) is 0 Å². The molecule has 0 saturated carbocycles. The summed E-state index contributed by atoms with van der Waals surface area (Å²) in [6.45, 7) is 2.02. The minimum atomic E-state index is -3.38. The van der Waals surface area contributed by atoms with E-state index in [9.17, 15) is 17.6 Å². The Hall–Kier alpha value is -2.51. The minimum Gasteiger partial charge on any atom is -0.381 e. The Morgan fingerprint density at radius 2 is 1.93 bits per heavy atom. The summed E-state index contributed by atoms with van der Waals surface area (Å²) in [7, 11) is -3.38. The van der Waals surface area contributed by atoms with Crippen molar-refractivity contribution in [3.05, 3.63) is 59.4 Å². The monoisotopic (exact) mass is 577 g/mol.